The van der Waals surface area contributed by atoms with Crippen LogP contribution in [0.3, 0.4) is 0 Å². The summed E-state index contributed by atoms with van der Waals surface area (Å²) in [5.41, 5.74) is 7.03. The third-order valence-corrected chi connectivity index (χ3v) is 3.37. The molecule has 0 radical (unpaired) electrons. The first kappa shape index (κ1) is 10.4. The number of nitrogens with one attached hydrogen (secondary N) is 1. The molecule has 4 nitrogen and oxygen atoms in total. The normalized spacial score (nSPS) is 19.9. The Balaban J connectivity index is 2.33. The second-order valence-electron chi connectivity index (χ2n) is 4.48. The molecule has 2 aromatic rings. The van der Waals surface area contributed by atoms with E-state index < -0.39 is 0 Å². The van der Waals surface area contributed by atoms with Crippen LogP contribution in [0.2, 0.25) is 0 Å². The number of nitrogen functional groups attached to an aromatic ring is 1. The number of benzene rings is 1. The van der Waals surface area contributed by atoms with Gasteiger partial charge in [-0.15, -0.1) is 0 Å². The lowest BCUT2D eigenvalue weighted by Crippen LogP contribution is -2.28. The quantitative estimate of drug-likeness (QED) is 0.770. The molecule has 0 spiro atoms. The zero-order chi connectivity index (χ0) is 11.8. The van der Waals surface area contributed by atoms with Crippen molar-refractivity contribution in [3.05, 3.63) is 40.7 Å². The number of hydrogen-bond acceptors (Lipinski definition) is 3. The number of fused-ring (bicyclic) bond motifs is 1. The maximum absolute atomic E-state index is 12.2. The van der Waals surface area contributed by atoms with Gasteiger partial charge in [0.05, 0.1) is 17.2 Å². The van der Waals surface area contributed by atoms with E-state index in [0.717, 1.165) is 30.4 Å². The molecular weight excluding hydrogens is 214 g/mol. The standard InChI is InChI=1S/C13H15N3O/c14-11-7-9-3-1-2-4-12(9)16(13(11)17)10-5-6-15-8-10/h1-4,7,10,15H,5-6,8,14H2. The molecule has 0 amide bonds. The summed E-state index contributed by atoms with van der Waals surface area (Å²) in [6, 6.07) is 9.87. The molecule has 1 saturated heterocycles. The minimum absolute atomic E-state index is 0.0719. The molecule has 1 aromatic carbocycles. The minimum Gasteiger partial charge on any atom is -0.394 e. The van der Waals surface area contributed by atoms with Crippen LogP contribution in [0.5, 0.6) is 0 Å². The Bertz CT molecular complexity index is 612. The van der Waals surface area contributed by atoms with Gasteiger partial charge in [-0.3, -0.25) is 4.79 Å². The van der Waals surface area contributed by atoms with Crippen molar-refractivity contribution in [2.75, 3.05) is 18.8 Å². The number of para-hydroxylation sites is 1. The molecule has 1 fully saturated rings. The highest BCUT2D eigenvalue weighted by Crippen LogP contribution is 2.21. The molecule has 4 heteroatoms. The van der Waals surface area contributed by atoms with E-state index in [0.29, 0.717) is 5.69 Å². The van der Waals surface area contributed by atoms with Crippen LogP contribution in [0.1, 0.15) is 12.5 Å². The predicted molar refractivity (Wildman–Crippen MR) is 69.1 cm³/mol. The molecule has 0 saturated carbocycles. The first-order valence-electron chi connectivity index (χ1n) is 5.88. The molecule has 1 aliphatic rings. The van der Waals surface area contributed by atoms with Crippen LogP contribution in [-0.2, 0) is 0 Å². The van der Waals surface area contributed by atoms with Crippen molar-refractivity contribution in [1.29, 1.82) is 0 Å². The van der Waals surface area contributed by atoms with Crippen LogP contribution in [0.15, 0.2) is 35.1 Å². The van der Waals surface area contributed by atoms with E-state index in [1.54, 1.807) is 6.07 Å². The summed E-state index contributed by atoms with van der Waals surface area (Å²) in [6.45, 7) is 1.80. The highest BCUT2D eigenvalue weighted by molar-refractivity contribution is 5.81. The highest BCUT2D eigenvalue weighted by Gasteiger charge is 2.20. The van der Waals surface area contributed by atoms with Crippen LogP contribution in [0.25, 0.3) is 10.9 Å². The van der Waals surface area contributed by atoms with E-state index >= 15 is 0 Å². The monoisotopic (exact) mass is 229 g/mol. The van der Waals surface area contributed by atoms with Crippen molar-refractivity contribution < 1.29 is 0 Å². The number of pyridine rings is 1. The molecule has 1 aliphatic heterocycles. The van der Waals surface area contributed by atoms with E-state index in [-0.39, 0.29) is 11.6 Å². The van der Waals surface area contributed by atoms with Crippen molar-refractivity contribution in [2.45, 2.75) is 12.5 Å². The Morgan fingerprint density at radius 2 is 2.18 bits per heavy atom. The fraction of sp³-hybridized carbons (Fsp3) is 0.308. The summed E-state index contributed by atoms with van der Waals surface area (Å²) in [7, 11) is 0. The Morgan fingerprint density at radius 3 is 2.94 bits per heavy atom. The number of nitrogens with zero attached hydrogens (tertiary/aromatic N) is 1. The zero-order valence-electron chi connectivity index (χ0n) is 9.52. The second-order valence-corrected chi connectivity index (χ2v) is 4.48. The van der Waals surface area contributed by atoms with E-state index in [9.17, 15) is 4.79 Å². The summed E-state index contributed by atoms with van der Waals surface area (Å²) in [5.74, 6) is 0. The highest BCUT2D eigenvalue weighted by atomic mass is 16.1. The topological polar surface area (TPSA) is 60.0 Å². The number of anilines is 1. The summed E-state index contributed by atoms with van der Waals surface area (Å²) >= 11 is 0. The fourth-order valence-electron chi connectivity index (χ4n) is 2.53. The van der Waals surface area contributed by atoms with Gasteiger partial charge in [0, 0.05) is 11.9 Å². The van der Waals surface area contributed by atoms with Gasteiger partial charge in [-0.2, -0.15) is 0 Å². The number of rotatable bonds is 1. The molecule has 17 heavy (non-hydrogen) atoms. The maximum Gasteiger partial charge on any atom is 0.274 e. The first-order valence-corrected chi connectivity index (χ1v) is 5.88. The molecule has 0 aliphatic carbocycles. The van der Waals surface area contributed by atoms with Gasteiger partial charge in [0.25, 0.3) is 5.56 Å². The summed E-state index contributed by atoms with van der Waals surface area (Å²) in [5, 5.41) is 4.31. The van der Waals surface area contributed by atoms with Crippen molar-refractivity contribution in [3.63, 3.8) is 0 Å². The van der Waals surface area contributed by atoms with Gasteiger partial charge in [-0.25, -0.2) is 0 Å². The van der Waals surface area contributed by atoms with Crippen LogP contribution in [0, 0.1) is 0 Å². The third kappa shape index (κ3) is 1.61. The zero-order valence-corrected chi connectivity index (χ0v) is 9.52. The minimum atomic E-state index is -0.0719. The van der Waals surface area contributed by atoms with Crippen molar-refractivity contribution in [1.82, 2.24) is 9.88 Å². The van der Waals surface area contributed by atoms with Gasteiger partial charge in [-0.1, -0.05) is 18.2 Å². The summed E-state index contributed by atoms with van der Waals surface area (Å²) < 4.78 is 1.84. The molecule has 3 rings (SSSR count). The average molecular weight is 229 g/mol. The lowest BCUT2D eigenvalue weighted by Gasteiger charge is -2.17. The predicted octanol–water partition coefficient (Wildman–Crippen LogP) is 1.12. The molecule has 88 valence electrons. The Kier molecular flexibility index (Phi) is 2.37. The molecule has 1 unspecified atom stereocenters. The van der Waals surface area contributed by atoms with Crippen molar-refractivity contribution >= 4 is 16.6 Å². The summed E-state index contributed by atoms with van der Waals surface area (Å²) in [6.07, 6.45) is 0.980. The van der Waals surface area contributed by atoms with Gasteiger partial charge < -0.3 is 15.6 Å². The number of aromatic nitrogens is 1. The number of nitrogens with two attached hydrogens (primary N) is 1. The second kappa shape index (κ2) is 3.89. The van der Waals surface area contributed by atoms with Gasteiger partial charge in [-0.05, 0) is 25.1 Å². The third-order valence-electron chi connectivity index (χ3n) is 3.37. The van der Waals surface area contributed by atoms with Crippen LogP contribution < -0.4 is 16.6 Å². The van der Waals surface area contributed by atoms with E-state index in [1.807, 2.05) is 28.8 Å². The van der Waals surface area contributed by atoms with Gasteiger partial charge in [0.15, 0.2) is 0 Å². The molecular formula is C13H15N3O. The van der Waals surface area contributed by atoms with Crippen molar-refractivity contribution in [3.8, 4) is 0 Å². The molecule has 1 aromatic heterocycles. The molecule has 0 bridgehead atoms. The van der Waals surface area contributed by atoms with E-state index in [4.69, 9.17) is 5.73 Å². The average Bonchev–Trinajstić information content (AvgIpc) is 2.84. The molecule has 2 heterocycles. The first-order chi connectivity index (χ1) is 8.27. The van der Waals surface area contributed by atoms with Crippen LogP contribution in [-0.4, -0.2) is 17.7 Å². The Labute approximate surface area is 99.0 Å². The van der Waals surface area contributed by atoms with Crippen LogP contribution in [0.4, 0.5) is 5.69 Å². The van der Waals surface area contributed by atoms with E-state index in [2.05, 4.69) is 5.32 Å². The Hall–Kier alpha value is -1.81. The maximum atomic E-state index is 12.2. The lowest BCUT2D eigenvalue weighted by molar-refractivity contribution is 0.549. The van der Waals surface area contributed by atoms with Crippen molar-refractivity contribution in [2.24, 2.45) is 0 Å². The van der Waals surface area contributed by atoms with Gasteiger partial charge in [0.2, 0.25) is 0 Å². The SMILES string of the molecule is Nc1cc2ccccc2n(C2CCNC2)c1=O. The lowest BCUT2D eigenvalue weighted by atomic mass is 10.1. The molecule has 3 N–H and O–H groups in total. The number of hydrogen-bond donors (Lipinski definition) is 2. The van der Waals surface area contributed by atoms with Gasteiger partial charge in [0.1, 0.15) is 0 Å². The van der Waals surface area contributed by atoms with Gasteiger partial charge >= 0.3 is 0 Å². The fourth-order valence-corrected chi connectivity index (χ4v) is 2.53. The Morgan fingerprint density at radius 1 is 1.35 bits per heavy atom. The summed E-state index contributed by atoms with van der Waals surface area (Å²) in [4.78, 5) is 12.2. The largest absolute Gasteiger partial charge is 0.394 e. The van der Waals surface area contributed by atoms with E-state index in [1.165, 1.54) is 0 Å². The molecule has 1 atom stereocenters. The smallest absolute Gasteiger partial charge is 0.274 e. The van der Waals surface area contributed by atoms with Crippen LogP contribution >= 0.6 is 0 Å².